The Morgan fingerprint density at radius 1 is 1.38 bits per heavy atom. The van der Waals surface area contributed by atoms with Crippen molar-refractivity contribution in [3.63, 3.8) is 0 Å². The number of ether oxygens (including phenoxy) is 1. The second-order valence-corrected chi connectivity index (χ2v) is 6.21. The molecule has 0 amide bonds. The number of carbonyl (C=O) groups is 1. The number of sulfonamides is 1. The zero-order valence-electron chi connectivity index (χ0n) is 11.5. The molecule has 0 spiro atoms. The lowest BCUT2D eigenvalue weighted by Crippen LogP contribution is -2.11. The van der Waals surface area contributed by atoms with Crippen LogP contribution in [0.15, 0.2) is 34.9 Å². The second-order valence-electron chi connectivity index (χ2n) is 4.46. The first-order chi connectivity index (χ1) is 9.83. The summed E-state index contributed by atoms with van der Waals surface area (Å²) in [5.74, 6) is 0.0493. The Bertz CT molecular complexity index is 751. The monoisotopic (exact) mass is 310 g/mol. The average molecular weight is 310 g/mol. The van der Waals surface area contributed by atoms with E-state index < -0.39 is 16.0 Å². The van der Waals surface area contributed by atoms with E-state index in [0.29, 0.717) is 17.1 Å². The van der Waals surface area contributed by atoms with Gasteiger partial charge in [0, 0.05) is 11.8 Å². The molecule has 1 aromatic heterocycles. The minimum atomic E-state index is -3.40. The molecule has 0 aliphatic carbocycles. The molecule has 8 heteroatoms. The minimum Gasteiger partial charge on any atom is -0.455 e. The Hall–Kier alpha value is -2.35. The number of benzene rings is 1. The number of carbonyl (C=O) groups excluding carboxylic acids is 1. The molecule has 2 rings (SSSR count). The van der Waals surface area contributed by atoms with Crippen LogP contribution in [0.2, 0.25) is 0 Å². The van der Waals surface area contributed by atoms with Gasteiger partial charge in [-0.3, -0.25) is 4.72 Å². The molecule has 1 N–H and O–H groups in total. The summed E-state index contributed by atoms with van der Waals surface area (Å²) < 4.78 is 34.5. The lowest BCUT2D eigenvalue weighted by atomic mass is 10.2. The normalized spacial score (nSPS) is 11.1. The molecular weight excluding hydrogens is 296 g/mol. The average Bonchev–Trinajstić information content (AvgIpc) is 2.80. The van der Waals surface area contributed by atoms with E-state index in [-0.39, 0.29) is 12.2 Å². The summed E-state index contributed by atoms with van der Waals surface area (Å²) >= 11 is 0. The molecule has 0 saturated carbocycles. The maximum absolute atomic E-state index is 11.9. The van der Waals surface area contributed by atoms with Crippen molar-refractivity contribution < 1.29 is 22.5 Å². The van der Waals surface area contributed by atoms with Crippen molar-refractivity contribution in [2.24, 2.45) is 0 Å². The Morgan fingerprint density at radius 3 is 2.76 bits per heavy atom. The summed E-state index contributed by atoms with van der Waals surface area (Å²) in [6.45, 7) is 1.72. The van der Waals surface area contributed by atoms with Crippen LogP contribution in [0.25, 0.3) is 0 Å². The van der Waals surface area contributed by atoms with E-state index in [9.17, 15) is 13.2 Å². The first kappa shape index (κ1) is 15.0. The van der Waals surface area contributed by atoms with Crippen molar-refractivity contribution >= 4 is 21.7 Å². The molecule has 0 saturated heterocycles. The third-order valence-corrected chi connectivity index (χ3v) is 3.04. The standard InChI is InChI=1S/C13H14N2O5S/c1-9-6-12(14-20-9)8-19-13(16)10-4-3-5-11(7-10)15-21(2,17)18/h3-7,15H,8H2,1-2H3. The Morgan fingerprint density at radius 2 is 2.14 bits per heavy atom. The quantitative estimate of drug-likeness (QED) is 0.844. The number of hydrogen-bond donors (Lipinski definition) is 1. The molecule has 0 aliphatic rings. The van der Waals surface area contributed by atoms with Gasteiger partial charge in [-0.25, -0.2) is 13.2 Å². The molecular formula is C13H14N2O5S. The topological polar surface area (TPSA) is 98.5 Å². The van der Waals surface area contributed by atoms with Crippen molar-refractivity contribution in [1.82, 2.24) is 5.16 Å². The summed E-state index contributed by atoms with van der Waals surface area (Å²) in [6.07, 6.45) is 1.03. The molecule has 0 fully saturated rings. The Labute approximate surface area is 121 Å². The van der Waals surface area contributed by atoms with E-state index >= 15 is 0 Å². The summed E-state index contributed by atoms with van der Waals surface area (Å²) in [4.78, 5) is 11.9. The third kappa shape index (κ3) is 4.60. The lowest BCUT2D eigenvalue weighted by molar-refractivity contribution is 0.0464. The van der Waals surface area contributed by atoms with Crippen LogP contribution in [0.3, 0.4) is 0 Å². The lowest BCUT2D eigenvalue weighted by Gasteiger charge is -2.06. The van der Waals surface area contributed by atoms with Gasteiger partial charge in [0.15, 0.2) is 0 Å². The molecule has 0 unspecified atom stereocenters. The van der Waals surface area contributed by atoms with Crippen LogP contribution in [0.4, 0.5) is 5.69 Å². The fourth-order valence-corrected chi connectivity index (χ4v) is 2.19. The van der Waals surface area contributed by atoms with Crippen LogP contribution in [0.1, 0.15) is 21.8 Å². The van der Waals surface area contributed by atoms with Gasteiger partial charge in [0.1, 0.15) is 18.1 Å². The third-order valence-electron chi connectivity index (χ3n) is 2.43. The number of nitrogens with one attached hydrogen (secondary N) is 1. The largest absolute Gasteiger partial charge is 0.455 e. The number of esters is 1. The number of rotatable bonds is 5. The molecule has 21 heavy (non-hydrogen) atoms. The second kappa shape index (κ2) is 5.96. The van der Waals surface area contributed by atoms with Crippen LogP contribution in [-0.4, -0.2) is 25.8 Å². The molecule has 0 aliphatic heterocycles. The van der Waals surface area contributed by atoms with Gasteiger partial charge < -0.3 is 9.26 Å². The van der Waals surface area contributed by atoms with E-state index in [4.69, 9.17) is 9.26 Å². The summed E-state index contributed by atoms with van der Waals surface area (Å²) in [6, 6.07) is 7.69. The van der Waals surface area contributed by atoms with Gasteiger partial charge in [-0.05, 0) is 25.1 Å². The molecule has 2 aromatic rings. The zero-order valence-corrected chi connectivity index (χ0v) is 12.3. The highest BCUT2D eigenvalue weighted by molar-refractivity contribution is 7.92. The van der Waals surface area contributed by atoms with Crippen LogP contribution < -0.4 is 4.72 Å². The number of aromatic nitrogens is 1. The minimum absolute atomic E-state index is 0.0140. The van der Waals surface area contributed by atoms with Crippen molar-refractivity contribution in [1.29, 1.82) is 0 Å². The summed E-state index contributed by atoms with van der Waals surface area (Å²) in [5, 5.41) is 3.70. The molecule has 0 bridgehead atoms. The van der Waals surface area contributed by atoms with Gasteiger partial charge in [-0.15, -0.1) is 0 Å². The van der Waals surface area contributed by atoms with Gasteiger partial charge in [-0.2, -0.15) is 0 Å². The van der Waals surface area contributed by atoms with Gasteiger partial charge >= 0.3 is 5.97 Å². The smallest absolute Gasteiger partial charge is 0.338 e. The zero-order chi connectivity index (χ0) is 15.5. The molecule has 1 aromatic carbocycles. The van der Waals surface area contributed by atoms with Crippen molar-refractivity contribution in [2.45, 2.75) is 13.5 Å². The van der Waals surface area contributed by atoms with Crippen LogP contribution in [0, 0.1) is 6.92 Å². The summed E-state index contributed by atoms with van der Waals surface area (Å²) in [7, 11) is -3.40. The van der Waals surface area contributed by atoms with Gasteiger partial charge in [0.05, 0.1) is 11.8 Å². The Balaban J connectivity index is 2.03. The number of nitrogens with zero attached hydrogens (tertiary/aromatic N) is 1. The van der Waals surface area contributed by atoms with E-state index in [1.54, 1.807) is 25.1 Å². The number of anilines is 1. The SMILES string of the molecule is Cc1cc(COC(=O)c2cccc(NS(C)(=O)=O)c2)no1. The predicted molar refractivity (Wildman–Crippen MR) is 75.3 cm³/mol. The first-order valence-corrected chi connectivity index (χ1v) is 7.90. The van der Waals surface area contributed by atoms with E-state index in [1.165, 1.54) is 12.1 Å². The number of aryl methyl sites for hydroxylation is 1. The van der Waals surface area contributed by atoms with Gasteiger partial charge in [-0.1, -0.05) is 11.2 Å². The number of hydrogen-bond acceptors (Lipinski definition) is 6. The van der Waals surface area contributed by atoms with E-state index in [0.717, 1.165) is 6.26 Å². The highest BCUT2D eigenvalue weighted by atomic mass is 32.2. The molecule has 0 atom stereocenters. The van der Waals surface area contributed by atoms with Gasteiger partial charge in [0.2, 0.25) is 10.0 Å². The maximum atomic E-state index is 11.9. The molecule has 1 heterocycles. The predicted octanol–water partition coefficient (Wildman–Crippen LogP) is 1.71. The van der Waals surface area contributed by atoms with E-state index in [1.807, 2.05) is 0 Å². The molecule has 7 nitrogen and oxygen atoms in total. The highest BCUT2D eigenvalue weighted by Crippen LogP contribution is 2.13. The fraction of sp³-hybridized carbons (Fsp3) is 0.231. The van der Waals surface area contributed by atoms with Crippen LogP contribution >= 0.6 is 0 Å². The maximum Gasteiger partial charge on any atom is 0.338 e. The molecule has 112 valence electrons. The first-order valence-electron chi connectivity index (χ1n) is 6.01. The molecule has 0 radical (unpaired) electrons. The van der Waals surface area contributed by atoms with E-state index in [2.05, 4.69) is 9.88 Å². The van der Waals surface area contributed by atoms with Crippen molar-refractivity contribution in [3.05, 3.63) is 47.3 Å². The van der Waals surface area contributed by atoms with Crippen molar-refractivity contribution in [2.75, 3.05) is 11.0 Å². The Kier molecular flexibility index (Phi) is 4.27. The highest BCUT2D eigenvalue weighted by Gasteiger charge is 2.11. The van der Waals surface area contributed by atoms with Crippen molar-refractivity contribution in [3.8, 4) is 0 Å². The van der Waals surface area contributed by atoms with Crippen LogP contribution in [-0.2, 0) is 21.4 Å². The van der Waals surface area contributed by atoms with Crippen LogP contribution in [0.5, 0.6) is 0 Å². The van der Waals surface area contributed by atoms with Gasteiger partial charge in [0.25, 0.3) is 0 Å². The summed E-state index contributed by atoms with van der Waals surface area (Å²) in [5.41, 5.74) is 1.04. The fourth-order valence-electron chi connectivity index (χ4n) is 1.63.